The van der Waals surface area contributed by atoms with Crippen LogP contribution in [0, 0.1) is 0 Å². The lowest BCUT2D eigenvalue weighted by molar-refractivity contribution is 0.0657. The molecule has 1 aliphatic heterocycles. The van der Waals surface area contributed by atoms with Gasteiger partial charge in [0.2, 0.25) is 10.0 Å². The molecule has 0 spiro atoms. The van der Waals surface area contributed by atoms with E-state index in [-0.39, 0.29) is 16.9 Å². The molecule has 2 aromatic carbocycles. The van der Waals surface area contributed by atoms with Crippen molar-refractivity contribution < 1.29 is 17.9 Å². The van der Waals surface area contributed by atoms with E-state index in [1.54, 1.807) is 34.6 Å². The fourth-order valence-electron chi connectivity index (χ4n) is 3.38. The number of carbonyl (C=O) groups excluding carboxylic acids is 1. The van der Waals surface area contributed by atoms with Gasteiger partial charge in [0.25, 0.3) is 5.91 Å². The molecule has 162 valence electrons. The van der Waals surface area contributed by atoms with Gasteiger partial charge in [-0.3, -0.25) is 4.79 Å². The van der Waals surface area contributed by atoms with Crippen molar-refractivity contribution in [1.29, 1.82) is 0 Å². The molecule has 30 heavy (non-hydrogen) atoms. The van der Waals surface area contributed by atoms with Gasteiger partial charge in [-0.1, -0.05) is 31.0 Å². The normalized spacial score (nSPS) is 15.7. The highest BCUT2D eigenvalue weighted by Crippen LogP contribution is 2.23. The van der Waals surface area contributed by atoms with E-state index in [9.17, 15) is 13.2 Å². The van der Waals surface area contributed by atoms with E-state index in [4.69, 9.17) is 4.74 Å². The number of hydrogen-bond donors (Lipinski definition) is 1. The topological polar surface area (TPSA) is 75.7 Å². The van der Waals surface area contributed by atoms with Gasteiger partial charge >= 0.3 is 0 Å². The summed E-state index contributed by atoms with van der Waals surface area (Å²) < 4.78 is 33.1. The Bertz CT molecular complexity index is 947. The van der Waals surface area contributed by atoms with Gasteiger partial charge in [0.1, 0.15) is 0 Å². The van der Waals surface area contributed by atoms with E-state index in [2.05, 4.69) is 5.32 Å². The van der Waals surface area contributed by atoms with Crippen LogP contribution in [0.1, 0.15) is 55.5 Å². The second-order valence-corrected chi connectivity index (χ2v) is 9.79. The van der Waals surface area contributed by atoms with Crippen molar-refractivity contribution in [3.63, 3.8) is 0 Å². The standard InChI is InChI=1S/C23H30N2O4S/c1-18(2)29-17-19-10-12-20(13-11-19)23(26)24-21-8-7-9-22(16-21)30(27,28)25-14-5-3-4-6-15-25/h7-13,16,18H,3-6,14-15,17H2,1-2H3,(H,24,26). The van der Waals surface area contributed by atoms with Crippen molar-refractivity contribution in [2.75, 3.05) is 18.4 Å². The number of benzene rings is 2. The molecule has 0 unspecified atom stereocenters. The molecule has 6 nitrogen and oxygen atoms in total. The molecule has 1 N–H and O–H groups in total. The lowest BCUT2D eigenvalue weighted by Gasteiger charge is -2.20. The van der Waals surface area contributed by atoms with Crippen LogP contribution in [0.4, 0.5) is 5.69 Å². The highest BCUT2D eigenvalue weighted by atomic mass is 32.2. The van der Waals surface area contributed by atoms with Gasteiger partial charge in [0.05, 0.1) is 17.6 Å². The van der Waals surface area contributed by atoms with Crippen molar-refractivity contribution in [3.8, 4) is 0 Å². The van der Waals surface area contributed by atoms with Crippen LogP contribution in [0.15, 0.2) is 53.4 Å². The summed E-state index contributed by atoms with van der Waals surface area (Å²) in [6, 6.07) is 13.7. The number of nitrogens with one attached hydrogen (secondary N) is 1. The van der Waals surface area contributed by atoms with Gasteiger partial charge in [-0.25, -0.2) is 8.42 Å². The maximum absolute atomic E-state index is 13.0. The van der Waals surface area contributed by atoms with Crippen molar-refractivity contribution >= 4 is 21.6 Å². The third-order valence-corrected chi connectivity index (χ3v) is 6.99. The minimum atomic E-state index is -3.56. The summed E-state index contributed by atoms with van der Waals surface area (Å²) >= 11 is 0. The summed E-state index contributed by atoms with van der Waals surface area (Å²) in [6.07, 6.45) is 4.03. The molecule has 0 aliphatic carbocycles. The molecule has 0 radical (unpaired) electrons. The van der Waals surface area contributed by atoms with Crippen LogP contribution >= 0.6 is 0 Å². The molecule has 1 saturated heterocycles. The lowest BCUT2D eigenvalue weighted by atomic mass is 10.1. The third-order valence-electron chi connectivity index (χ3n) is 5.09. The zero-order valence-electron chi connectivity index (χ0n) is 17.6. The van der Waals surface area contributed by atoms with Gasteiger partial charge in [0.15, 0.2) is 0 Å². The van der Waals surface area contributed by atoms with E-state index in [0.29, 0.717) is 30.9 Å². The first kappa shape index (κ1) is 22.5. The average Bonchev–Trinajstić information content (AvgIpc) is 3.03. The van der Waals surface area contributed by atoms with Gasteiger partial charge in [-0.05, 0) is 62.6 Å². The van der Waals surface area contributed by atoms with E-state index >= 15 is 0 Å². The molecule has 3 rings (SSSR count). The Kier molecular flexibility index (Phi) is 7.64. The Labute approximate surface area is 179 Å². The van der Waals surface area contributed by atoms with Crippen LogP contribution in [-0.4, -0.2) is 37.8 Å². The molecule has 0 bridgehead atoms. The second kappa shape index (κ2) is 10.2. The van der Waals surface area contributed by atoms with Gasteiger partial charge in [-0.2, -0.15) is 4.31 Å². The monoisotopic (exact) mass is 430 g/mol. The van der Waals surface area contributed by atoms with Gasteiger partial charge < -0.3 is 10.1 Å². The summed E-state index contributed by atoms with van der Waals surface area (Å²) in [5.74, 6) is -0.282. The number of ether oxygens (including phenoxy) is 1. The smallest absolute Gasteiger partial charge is 0.255 e. The number of carbonyl (C=O) groups is 1. The van der Waals surface area contributed by atoms with Crippen LogP contribution in [0.5, 0.6) is 0 Å². The van der Waals surface area contributed by atoms with Crippen molar-refractivity contribution in [2.24, 2.45) is 0 Å². The first-order valence-electron chi connectivity index (χ1n) is 10.5. The van der Waals surface area contributed by atoms with Gasteiger partial charge in [0, 0.05) is 24.3 Å². The predicted molar refractivity (Wildman–Crippen MR) is 118 cm³/mol. The predicted octanol–water partition coefficient (Wildman–Crippen LogP) is 4.43. The first-order chi connectivity index (χ1) is 14.4. The molecule has 0 saturated carbocycles. The van der Waals surface area contributed by atoms with E-state index in [0.717, 1.165) is 31.2 Å². The molecule has 1 fully saturated rings. The Morgan fingerprint density at radius 1 is 1.03 bits per heavy atom. The fraction of sp³-hybridized carbons (Fsp3) is 0.435. The Morgan fingerprint density at radius 3 is 2.33 bits per heavy atom. The van der Waals surface area contributed by atoms with Gasteiger partial charge in [-0.15, -0.1) is 0 Å². The second-order valence-electron chi connectivity index (χ2n) is 7.86. The van der Waals surface area contributed by atoms with Crippen molar-refractivity contribution in [2.45, 2.75) is 57.1 Å². The minimum Gasteiger partial charge on any atom is -0.374 e. The maximum atomic E-state index is 13.0. The number of rotatable bonds is 7. The minimum absolute atomic E-state index is 0.144. The van der Waals surface area contributed by atoms with Crippen LogP contribution in [0.25, 0.3) is 0 Å². The van der Waals surface area contributed by atoms with Crippen LogP contribution in [0.3, 0.4) is 0 Å². The maximum Gasteiger partial charge on any atom is 0.255 e. The molecule has 2 aromatic rings. The number of amides is 1. The number of hydrogen-bond acceptors (Lipinski definition) is 4. The Morgan fingerprint density at radius 2 is 1.70 bits per heavy atom. The van der Waals surface area contributed by atoms with Crippen LogP contribution in [-0.2, 0) is 21.4 Å². The summed E-state index contributed by atoms with van der Waals surface area (Å²) in [5.41, 5.74) is 1.96. The van der Waals surface area contributed by atoms with Crippen molar-refractivity contribution in [3.05, 3.63) is 59.7 Å². The van der Waals surface area contributed by atoms with E-state index in [1.807, 2.05) is 26.0 Å². The molecule has 1 aliphatic rings. The van der Waals surface area contributed by atoms with Crippen LogP contribution in [0.2, 0.25) is 0 Å². The Balaban J connectivity index is 1.69. The molecular weight excluding hydrogens is 400 g/mol. The van der Waals surface area contributed by atoms with E-state index < -0.39 is 10.0 Å². The summed E-state index contributed by atoms with van der Waals surface area (Å²) in [5, 5.41) is 2.80. The number of anilines is 1. The highest BCUT2D eigenvalue weighted by Gasteiger charge is 2.25. The third kappa shape index (κ3) is 5.90. The zero-order valence-corrected chi connectivity index (χ0v) is 18.5. The molecule has 1 heterocycles. The summed E-state index contributed by atoms with van der Waals surface area (Å²) in [7, 11) is -3.56. The van der Waals surface area contributed by atoms with Crippen LogP contribution < -0.4 is 5.32 Å². The molecule has 7 heteroatoms. The highest BCUT2D eigenvalue weighted by molar-refractivity contribution is 7.89. The number of nitrogens with zero attached hydrogens (tertiary/aromatic N) is 1. The molecular formula is C23H30N2O4S. The summed E-state index contributed by atoms with van der Waals surface area (Å²) in [6.45, 7) is 5.54. The lowest BCUT2D eigenvalue weighted by Crippen LogP contribution is -2.32. The SMILES string of the molecule is CC(C)OCc1ccc(C(=O)Nc2cccc(S(=O)(=O)N3CCCCCC3)c2)cc1. The fourth-order valence-corrected chi connectivity index (χ4v) is 4.95. The first-order valence-corrected chi connectivity index (χ1v) is 11.9. The number of sulfonamides is 1. The van der Waals surface area contributed by atoms with E-state index in [1.165, 1.54) is 6.07 Å². The molecule has 0 aromatic heterocycles. The Hall–Kier alpha value is -2.22. The zero-order chi connectivity index (χ0) is 21.6. The molecule has 1 amide bonds. The largest absolute Gasteiger partial charge is 0.374 e. The average molecular weight is 431 g/mol. The van der Waals surface area contributed by atoms with Crippen molar-refractivity contribution in [1.82, 2.24) is 4.31 Å². The summed E-state index contributed by atoms with van der Waals surface area (Å²) in [4.78, 5) is 12.8. The quantitative estimate of drug-likeness (QED) is 0.705. The molecule has 0 atom stereocenters.